The molecule has 3 rings (SSSR count). The predicted octanol–water partition coefficient (Wildman–Crippen LogP) is 3.16. The van der Waals surface area contributed by atoms with Crippen LogP contribution in [-0.4, -0.2) is 57.9 Å². The molecule has 1 saturated heterocycles. The van der Waals surface area contributed by atoms with Gasteiger partial charge in [-0.1, -0.05) is 11.6 Å². The van der Waals surface area contributed by atoms with Crippen LogP contribution in [0, 0.1) is 5.92 Å². The van der Waals surface area contributed by atoms with Gasteiger partial charge in [0.15, 0.2) is 17.5 Å². The van der Waals surface area contributed by atoms with Crippen molar-refractivity contribution >= 4 is 41.5 Å². The third kappa shape index (κ3) is 5.29. The van der Waals surface area contributed by atoms with Gasteiger partial charge >= 0.3 is 0 Å². The van der Waals surface area contributed by atoms with E-state index in [2.05, 4.69) is 15.2 Å². The largest absolute Gasteiger partial charge is 0.489 e. The van der Waals surface area contributed by atoms with E-state index in [0.29, 0.717) is 36.4 Å². The van der Waals surface area contributed by atoms with Crippen molar-refractivity contribution in [3.63, 3.8) is 0 Å². The zero-order valence-electron chi connectivity index (χ0n) is 15.3. The van der Waals surface area contributed by atoms with Crippen molar-refractivity contribution < 1.29 is 14.2 Å². The number of nitrogens with zero attached hydrogens (tertiary/aromatic N) is 2. The molecule has 0 aromatic heterocycles. The number of ether oxygens (including phenoxy) is 3. The summed E-state index contributed by atoms with van der Waals surface area (Å²) >= 11 is 6.36. The molecule has 26 heavy (non-hydrogen) atoms. The van der Waals surface area contributed by atoms with Crippen LogP contribution in [0.25, 0.3) is 0 Å². The Bertz CT molecular complexity index is 630. The Labute approximate surface area is 177 Å². The molecule has 0 amide bonds. The molecule has 1 atom stereocenters. The van der Waals surface area contributed by atoms with E-state index in [4.69, 9.17) is 25.8 Å². The molecule has 1 aromatic rings. The van der Waals surface area contributed by atoms with E-state index < -0.39 is 0 Å². The van der Waals surface area contributed by atoms with Crippen LogP contribution in [0.5, 0.6) is 11.5 Å². The molecule has 146 valence electrons. The van der Waals surface area contributed by atoms with Crippen molar-refractivity contribution in [1.29, 1.82) is 0 Å². The van der Waals surface area contributed by atoms with Gasteiger partial charge in [-0.05, 0) is 24.1 Å². The van der Waals surface area contributed by atoms with Gasteiger partial charge in [-0.15, -0.1) is 24.0 Å². The average Bonchev–Trinajstić information content (AvgIpc) is 2.92. The lowest BCUT2D eigenvalue weighted by Gasteiger charge is -2.22. The molecule has 0 radical (unpaired) electrons. The number of hydrogen-bond donors (Lipinski definition) is 1. The van der Waals surface area contributed by atoms with E-state index in [0.717, 1.165) is 49.8 Å². The molecule has 8 heteroatoms. The van der Waals surface area contributed by atoms with Crippen LogP contribution in [0.3, 0.4) is 0 Å². The van der Waals surface area contributed by atoms with Crippen molar-refractivity contribution in [3.8, 4) is 11.5 Å². The zero-order chi connectivity index (χ0) is 17.6. The van der Waals surface area contributed by atoms with E-state index >= 15 is 0 Å². The second kappa shape index (κ2) is 10.4. The molecule has 0 saturated carbocycles. The molecule has 0 spiro atoms. The Balaban J connectivity index is 0.00000243. The molecular formula is C18H27ClIN3O3. The number of benzene rings is 1. The minimum atomic E-state index is 0. The van der Waals surface area contributed by atoms with Crippen LogP contribution in [0.1, 0.15) is 18.4 Å². The molecule has 0 bridgehead atoms. The van der Waals surface area contributed by atoms with Gasteiger partial charge in [-0.2, -0.15) is 0 Å². The number of likely N-dealkylation sites (tertiary alicyclic amines) is 1. The molecule has 2 heterocycles. The Morgan fingerprint density at radius 2 is 2.19 bits per heavy atom. The van der Waals surface area contributed by atoms with Gasteiger partial charge < -0.3 is 24.4 Å². The first-order valence-corrected chi connectivity index (χ1v) is 9.11. The Morgan fingerprint density at radius 1 is 1.38 bits per heavy atom. The Kier molecular flexibility index (Phi) is 8.56. The van der Waals surface area contributed by atoms with Gasteiger partial charge in [-0.25, -0.2) is 0 Å². The third-order valence-corrected chi connectivity index (χ3v) is 4.79. The minimum absolute atomic E-state index is 0. The Morgan fingerprint density at radius 3 is 2.96 bits per heavy atom. The number of methoxy groups -OCH3 is 1. The number of halogens is 2. The van der Waals surface area contributed by atoms with Gasteiger partial charge in [0.2, 0.25) is 0 Å². The summed E-state index contributed by atoms with van der Waals surface area (Å²) in [6.45, 7) is 4.68. The molecule has 0 aliphatic carbocycles. The van der Waals surface area contributed by atoms with Crippen LogP contribution >= 0.6 is 35.6 Å². The molecule has 2 aliphatic heterocycles. The fourth-order valence-corrected chi connectivity index (χ4v) is 3.58. The topological polar surface area (TPSA) is 55.3 Å². The lowest BCUT2D eigenvalue weighted by atomic mass is 10.1. The van der Waals surface area contributed by atoms with Crippen molar-refractivity contribution in [2.24, 2.45) is 10.9 Å². The molecule has 1 aromatic carbocycles. The van der Waals surface area contributed by atoms with Gasteiger partial charge in [0.25, 0.3) is 0 Å². The number of rotatable bonds is 4. The molecule has 2 aliphatic rings. The first-order valence-electron chi connectivity index (χ1n) is 8.73. The lowest BCUT2D eigenvalue weighted by molar-refractivity contribution is 0.157. The second-order valence-electron chi connectivity index (χ2n) is 6.41. The minimum Gasteiger partial charge on any atom is -0.489 e. The number of aliphatic imine (C=N–C) groups is 1. The van der Waals surface area contributed by atoms with Crippen LogP contribution < -0.4 is 14.8 Å². The number of guanidine groups is 1. The molecular weight excluding hydrogens is 469 g/mol. The summed E-state index contributed by atoms with van der Waals surface area (Å²) in [7, 11) is 3.57. The summed E-state index contributed by atoms with van der Waals surface area (Å²) < 4.78 is 16.7. The van der Waals surface area contributed by atoms with Gasteiger partial charge in [-0.3, -0.25) is 4.99 Å². The maximum atomic E-state index is 6.36. The van der Waals surface area contributed by atoms with Gasteiger partial charge in [0.1, 0.15) is 0 Å². The summed E-state index contributed by atoms with van der Waals surface area (Å²) in [5.74, 6) is 2.84. The number of fused-ring (bicyclic) bond motifs is 1. The smallest absolute Gasteiger partial charge is 0.193 e. The second-order valence-corrected chi connectivity index (χ2v) is 6.82. The summed E-state index contributed by atoms with van der Waals surface area (Å²) in [6, 6.07) is 3.91. The maximum absolute atomic E-state index is 6.36. The molecule has 1 N–H and O–H groups in total. The lowest BCUT2D eigenvalue weighted by Crippen LogP contribution is -2.39. The fraction of sp³-hybridized carbons (Fsp3) is 0.611. The number of hydrogen-bond acceptors (Lipinski definition) is 4. The highest BCUT2D eigenvalue weighted by atomic mass is 127. The quantitative estimate of drug-likeness (QED) is 0.395. The molecule has 1 fully saturated rings. The number of nitrogens with one attached hydrogen (secondary N) is 1. The monoisotopic (exact) mass is 495 g/mol. The normalized spacial score (nSPS) is 19.7. The first kappa shape index (κ1) is 21.4. The van der Waals surface area contributed by atoms with E-state index in [9.17, 15) is 0 Å². The van der Waals surface area contributed by atoms with Crippen molar-refractivity contribution in [2.75, 3.05) is 47.1 Å². The molecule has 1 unspecified atom stereocenters. The van der Waals surface area contributed by atoms with Gasteiger partial charge in [0.05, 0.1) is 24.8 Å². The average molecular weight is 496 g/mol. The highest BCUT2D eigenvalue weighted by molar-refractivity contribution is 14.0. The fourth-order valence-electron chi connectivity index (χ4n) is 3.30. The summed E-state index contributed by atoms with van der Waals surface area (Å²) in [4.78, 5) is 6.68. The van der Waals surface area contributed by atoms with Crippen molar-refractivity contribution in [3.05, 3.63) is 22.7 Å². The van der Waals surface area contributed by atoms with Gasteiger partial charge in [0, 0.05) is 46.1 Å². The highest BCUT2D eigenvalue weighted by Gasteiger charge is 2.24. The van der Waals surface area contributed by atoms with Crippen LogP contribution in [0.15, 0.2) is 17.1 Å². The summed E-state index contributed by atoms with van der Waals surface area (Å²) in [5, 5.41) is 4.01. The SMILES string of the molecule is CN=C(NCc1cc(Cl)c2c(c1)OCCCO2)N1CCC(COC)C1.I. The Hall–Kier alpha value is -0.930. The van der Waals surface area contributed by atoms with E-state index in [1.807, 2.05) is 19.2 Å². The molecule has 6 nitrogen and oxygen atoms in total. The first-order chi connectivity index (χ1) is 12.2. The van der Waals surface area contributed by atoms with E-state index in [1.54, 1.807) is 7.11 Å². The third-order valence-electron chi connectivity index (χ3n) is 4.51. The van der Waals surface area contributed by atoms with E-state index in [1.165, 1.54) is 0 Å². The predicted molar refractivity (Wildman–Crippen MR) is 114 cm³/mol. The van der Waals surface area contributed by atoms with Crippen molar-refractivity contribution in [2.45, 2.75) is 19.4 Å². The zero-order valence-corrected chi connectivity index (χ0v) is 18.4. The summed E-state index contributed by atoms with van der Waals surface area (Å²) in [6.07, 6.45) is 1.99. The highest BCUT2D eigenvalue weighted by Crippen LogP contribution is 2.37. The summed E-state index contributed by atoms with van der Waals surface area (Å²) in [5.41, 5.74) is 1.04. The van der Waals surface area contributed by atoms with E-state index in [-0.39, 0.29) is 24.0 Å². The van der Waals surface area contributed by atoms with Crippen LogP contribution in [0.2, 0.25) is 5.02 Å². The van der Waals surface area contributed by atoms with Crippen LogP contribution in [-0.2, 0) is 11.3 Å². The van der Waals surface area contributed by atoms with Crippen molar-refractivity contribution in [1.82, 2.24) is 10.2 Å². The van der Waals surface area contributed by atoms with Crippen LogP contribution in [0.4, 0.5) is 0 Å². The maximum Gasteiger partial charge on any atom is 0.193 e. The standard InChI is InChI=1S/C18H26ClN3O3.HI/c1-20-18(22-5-4-13(11-22)12-23-2)21-10-14-8-15(19)17-16(9-14)24-6-3-7-25-17;/h8-9,13H,3-7,10-12H2,1-2H3,(H,20,21);1H.